The van der Waals surface area contributed by atoms with Gasteiger partial charge >= 0.3 is 0 Å². The normalized spacial score (nSPS) is 11.2. The van der Waals surface area contributed by atoms with Crippen LogP contribution in [0.2, 0.25) is 5.02 Å². The van der Waals surface area contributed by atoms with Crippen LogP contribution in [0.15, 0.2) is 76.2 Å². The number of hydrogen-bond acceptors (Lipinski definition) is 5. The minimum absolute atomic E-state index is 0.0179. The lowest BCUT2D eigenvalue weighted by Crippen LogP contribution is -2.44. The molecule has 0 radical (unpaired) electrons. The van der Waals surface area contributed by atoms with E-state index < -0.39 is 34.2 Å². The van der Waals surface area contributed by atoms with Crippen molar-refractivity contribution in [2.45, 2.75) is 18.0 Å². The number of furan rings is 1. The summed E-state index contributed by atoms with van der Waals surface area (Å²) in [7, 11) is -3.97. The molecule has 0 fully saturated rings. The molecule has 3 aromatic rings. The number of nitrogens with one attached hydrogen (secondary N) is 2. The van der Waals surface area contributed by atoms with E-state index in [-0.39, 0.29) is 24.5 Å². The quantitative estimate of drug-likeness (QED) is 0.451. The SMILES string of the molecule is O=C(CN(Cc1ccc(F)cc1)C(=O)CNS(=O)(=O)c1ccc(Cl)cc1)NCc1ccco1. The van der Waals surface area contributed by atoms with Gasteiger partial charge in [0, 0.05) is 11.6 Å². The first kappa shape index (κ1) is 24.4. The van der Waals surface area contributed by atoms with Crippen LogP contribution >= 0.6 is 11.6 Å². The van der Waals surface area contributed by atoms with E-state index in [1.807, 2.05) is 0 Å². The Morgan fingerprint density at radius 2 is 1.73 bits per heavy atom. The van der Waals surface area contributed by atoms with Crippen molar-refractivity contribution in [3.8, 4) is 0 Å². The molecule has 0 aliphatic carbocycles. The minimum Gasteiger partial charge on any atom is -0.467 e. The number of halogens is 2. The molecule has 8 nitrogen and oxygen atoms in total. The molecule has 0 bridgehead atoms. The summed E-state index contributed by atoms with van der Waals surface area (Å²) in [4.78, 5) is 26.3. The third-order valence-corrected chi connectivity index (χ3v) is 6.22. The Morgan fingerprint density at radius 1 is 1.03 bits per heavy atom. The molecule has 0 unspecified atom stereocenters. The summed E-state index contributed by atoms with van der Waals surface area (Å²) in [5, 5.41) is 3.00. The highest BCUT2D eigenvalue weighted by atomic mass is 35.5. The zero-order valence-electron chi connectivity index (χ0n) is 17.3. The first-order valence-electron chi connectivity index (χ1n) is 9.79. The number of amides is 2. The molecule has 0 saturated heterocycles. The molecular weight excluding hydrogens is 473 g/mol. The molecule has 33 heavy (non-hydrogen) atoms. The molecule has 174 valence electrons. The minimum atomic E-state index is -3.97. The van der Waals surface area contributed by atoms with Crippen molar-refractivity contribution in [3.63, 3.8) is 0 Å². The molecule has 1 aromatic heterocycles. The predicted molar refractivity (Wildman–Crippen MR) is 119 cm³/mol. The maximum Gasteiger partial charge on any atom is 0.241 e. The summed E-state index contributed by atoms with van der Waals surface area (Å²) in [6.07, 6.45) is 1.47. The van der Waals surface area contributed by atoms with Crippen molar-refractivity contribution < 1.29 is 26.8 Å². The van der Waals surface area contributed by atoms with E-state index in [0.717, 1.165) is 0 Å². The second kappa shape index (κ2) is 11.1. The summed E-state index contributed by atoms with van der Waals surface area (Å²) in [5.74, 6) is -1.01. The highest BCUT2D eigenvalue weighted by molar-refractivity contribution is 7.89. The van der Waals surface area contributed by atoms with Crippen LogP contribution in [0.4, 0.5) is 4.39 Å². The van der Waals surface area contributed by atoms with Gasteiger partial charge in [-0.05, 0) is 54.1 Å². The van der Waals surface area contributed by atoms with Crippen molar-refractivity contribution in [3.05, 3.63) is 89.1 Å². The first-order chi connectivity index (χ1) is 15.7. The monoisotopic (exact) mass is 493 g/mol. The van der Waals surface area contributed by atoms with E-state index in [1.165, 1.54) is 59.7 Å². The fourth-order valence-corrected chi connectivity index (χ4v) is 3.94. The fraction of sp³-hybridized carbons (Fsp3) is 0.182. The number of carbonyl (C=O) groups is 2. The topological polar surface area (TPSA) is 109 Å². The molecule has 0 aliphatic rings. The number of benzene rings is 2. The zero-order chi connectivity index (χ0) is 23.8. The Labute approximate surface area is 195 Å². The number of sulfonamides is 1. The van der Waals surface area contributed by atoms with E-state index in [4.69, 9.17) is 16.0 Å². The molecule has 2 N–H and O–H groups in total. The average Bonchev–Trinajstić information content (AvgIpc) is 3.31. The average molecular weight is 494 g/mol. The number of carbonyl (C=O) groups excluding carboxylic acids is 2. The standard InChI is InChI=1S/C22H21ClFN3O5S/c23-17-5-9-20(10-6-17)33(30,31)26-13-22(29)27(14-16-3-7-18(24)8-4-16)15-21(28)25-12-19-2-1-11-32-19/h1-11,26H,12-15H2,(H,25,28). The van der Waals surface area contributed by atoms with Gasteiger partial charge in [0.2, 0.25) is 21.8 Å². The lowest BCUT2D eigenvalue weighted by Gasteiger charge is -2.22. The van der Waals surface area contributed by atoms with Crippen molar-refractivity contribution in [1.29, 1.82) is 0 Å². The molecule has 1 heterocycles. The van der Waals surface area contributed by atoms with Crippen LogP contribution in [0.1, 0.15) is 11.3 Å². The van der Waals surface area contributed by atoms with Gasteiger partial charge in [-0.2, -0.15) is 0 Å². The Bertz CT molecular complexity index is 1180. The summed E-state index contributed by atoms with van der Waals surface area (Å²) in [6, 6.07) is 14.3. The van der Waals surface area contributed by atoms with Gasteiger partial charge in [0.05, 0.1) is 30.8 Å². The number of rotatable bonds is 10. The second-order valence-electron chi connectivity index (χ2n) is 7.01. The Kier molecular flexibility index (Phi) is 8.21. The van der Waals surface area contributed by atoms with E-state index in [2.05, 4.69) is 10.0 Å². The number of nitrogens with zero attached hydrogens (tertiary/aromatic N) is 1. The van der Waals surface area contributed by atoms with Crippen LogP contribution in [0.5, 0.6) is 0 Å². The van der Waals surface area contributed by atoms with Crippen LogP contribution in [-0.4, -0.2) is 38.2 Å². The van der Waals surface area contributed by atoms with Crippen LogP contribution in [0, 0.1) is 5.82 Å². The Morgan fingerprint density at radius 3 is 2.36 bits per heavy atom. The maximum atomic E-state index is 13.2. The lowest BCUT2D eigenvalue weighted by atomic mass is 10.2. The predicted octanol–water partition coefficient (Wildman–Crippen LogP) is 2.70. The van der Waals surface area contributed by atoms with E-state index in [0.29, 0.717) is 16.3 Å². The van der Waals surface area contributed by atoms with Gasteiger partial charge in [-0.15, -0.1) is 0 Å². The number of hydrogen-bond donors (Lipinski definition) is 2. The molecule has 0 atom stereocenters. The summed E-state index contributed by atoms with van der Waals surface area (Å²) >= 11 is 5.78. The van der Waals surface area contributed by atoms with Gasteiger partial charge in [-0.1, -0.05) is 23.7 Å². The second-order valence-corrected chi connectivity index (χ2v) is 9.21. The van der Waals surface area contributed by atoms with Crippen molar-refractivity contribution in [1.82, 2.24) is 14.9 Å². The highest BCUT2D eigenvalue weighted by Crippen LogP contribution is 2.14. The molecule has 3 rings (SSSR count). The molecular formula is C22H21ClFN3O5S. The summed E-state index contributed by atoms with van der Waals surface area (Å²) in [5.41, 5.74) is 0.573. The van der Waals surface area contributed by atoms with Gasteiger partial charge in [0.15, 0.2) is 0 Å². The van der Waals surface area contributed by atoms with Crippen molar-refractivity contribution in [2.24, 2.45) is 0 Å². The van der Waals surface area contributed by atoms with Crippen molar-refractivity contribution >= 4 is 33.4 Å². The van der Waals surface area contributed by atoms with Gasteiger partial charge in [0.25, 0.3) is 0 Å². The van der Waals surface area contributed by atoms with Crippen molar-refractivity contribution in [2.75, 3.05) is 13.1 Å². The van der Waals surface area contributed by atoms with E-state index >= 15 is 0 Å². The van der Waals surface area contributed by atoms with Gasteiger partial charge < -0.3 is 14.6 Å². The largest absolute Gasteiger partial charge is 0.467 e. The third kappa shape index (κ3) is 7.41. The fourth-order valence-electron chi connectivity index (χ4n) is 2.84. The third-order valence-electron chi connectivity index (χ3n) is 4.55. The van der Waals surface area contributed by atoms with Gasteiger partial charge in [-0.3, -0.25) is 9.59 Å². The molecule has 0 spiro atoms. The molecule has 0 saturated carbocycles. The molecule has 2 amide bonds. The van der Waals surface area contributed by atoms with Gasteiger partial charge in [-0.25, -0.2) is 17.5 Å². The summed E-state index contributed by atoms with van der Waals surface area (Å²) < 4.78 is 45.5. The van der Waals surface area contributed by atoms with Crippen LogP contribution < -0.4 is 10.0 Å². The summed E-state index contributed by atoms with van der Waals surface area (Å²) in [6.45, 7) is -0.791. The van der Waals surface area contributed by atoms with E-state index in [1.54, 1.807) is 12.1 Å². The van der Waals surface area contributed by atoms with Crippen LogP contribution in [-0.2, 0) is 32.7 Å². The smallest absolute Gasteiger partial charge is 0.241 e. The Hall–Kier alpha value is -3.21. The highest BCUT2D eigenvalue weighted by Gasteiger charge is 2.21. The van der Waals surface area contributed by atoms with Gasteiger partial charge in [0.1, 0.15) is 11.6 Å². The first-order valence-corrected chi connectivity index (χ1v) is 11.7. The van der Waals surface area contributed by atoms with Crippen LogP contribution in [0.25, 0.3) is 0 Å². The lowest BCUT2D eigenvalue weighted by molar-refractivity contribution is -0.135. The molecule has 2 aromatic carbocycles. The molecule has 0 aliphatic heterocycles. The maximum absolute atomic E-state index is 13.2. The van der Waals surface area contributed by atoms with E-state index in [9.17, 15) is 22.4 Å². The molecule has 11 heteroatoms. The zero-order valence-corrected chi connectivity index (χ0v) is 18.9. The van der Waals surface area contributed by atoms with Crippen LogP contribution in [0.3, 0.4) is 0 Å². The Balaban J connectivity index is 1.67.